The summed E-state index contributed by atoms with van der Waals surface area (Å²) in [5, 5.41) is 0. The first kappa shape index (κ1) is 19.8. The molecule has 0 nitrogen and oxygen atoms in total. The van der Waals surface area contributed by atoms with Gasteiger partial charge in [-0.25, -0.2) is 0 Å². The van der Waals surface area contributed by atoms with Gasteiger partial charge >= 0.3 is 0 Å². The highest BCUT2D eigenvalue weighted by Gasteiger charge is 2.11. The molecule has 32 heavy (non-hydrogen) atoms. The Morgan fingerprint density at radius 3 is 1.41 bits per heavy atom. The molecule has 0 amide bonds. The van der Waals surface area contributed by atoms with Crippen LogP contribution >= 0.6 is 0 Å². The molecule has 5 aromatic carbocycles. The minimum atomic E-state index is 1.21. The van der Waals surface area contributed by atoms with E-state index in [1.165, 1.54) is 44.5 Å². The van der Waals surface area contributed by atoms with Crippen LogP contribution in [0.5, 0.6) is 0 Å². The van der Waals surface area contributed by atoms with Crippen LogP contribution < -0.4 is 0 Å². The molecule has 0 heterocycles. The van der Waals surface area contributed by atoms with Crippen molar-refractivity contribution in [1.82, 2.24) is 0 Å². The molecule has 0 saturated carbocycles. The van der Waals surface area contributed by atoms with E-state index in [0.717, 1.165) is 0 Å². The molecule has 5 aromatic rings. The van der Waals surface area contributed by atoms with Gasteiger partial charge in [-0.1, -0.05) is 146 Å². The Labute approximate surface area is 190 Å². The van der Waals surface area contributed by atoms with E-state index in [9.17, 15) is 0 Å². The highest BCUT2D eigenvalue weighted by molar-refractivity contribution is 5.92. The molecule has 0 unspecified atom stereocenters. The fourth-order valence-electron chi connectivity index (χ4n) is 4.20. The first-order valence-corrected chi connectivity index (χ1v) is 11.0. The molecule has 0 radical (unpaired) electrons. The second kappa shape index (κ2) is 9.32. The molecular formula is C32H24. The fourth-order valence-corrected chi connectivity index (χ4v) is 4.20. The summed E-state index contributed by atoms with van der Waals surface area (Å²) in [6.07, 6.45) is 4.48. The first-order valence-electron chi connectivity index (χ1n) is 11.0. The van der Waals surface area contributed by atoms with Crippen molar-refractivity contribution in [2.45, 2.75) is 0 Å². The number of hydrogen-bond donors (Lipinski definition) is 0. The Morgan fingerprint density at radius 1 is 0.312 bits per heavy atom. The first-order chi connectivity index (χ1) is 15.9. The standard InChI is InChI=1S/C32H24/c1-4-13-25(14-5-1)30-21-11-10-17-27(30)23-24-29-20-12-22-31(26-15-6-2-7-16-26)32(29)28-18-8-3-9-19-28/h1-24H/b24-23+. The Kier molecular flexibility index (Phi) is 5.76. The van der Waals surface area contributed by atoms with E-state index in [2.05, 4.69) is 146 Å². The van der Waals surface area contributed by atoms with E-state index in [0.29, 0.717) is 0 Å². The van der Waals surface area contributed by atoms with Crippen molar-refractivity contribution in [3.63, 3.8) is 0 Å². The van der Waals surface area contributed by atoms with Gasteiger partial charge in [-0.15, -0.1) is 0 Å². The highest BCUT2D eigenvalue weighted by atomic mass is 14.1. The molecule has 0 fully saturated rings. The molecule has 0 atom stereocenters. The van der Waals surface area contributed by atoms with Crippen molar-refractivity contribution in [3.8, 4) is 33.4 Å². The average Bonchev–Trinajstić information content (AvgIpc) is 2.89. The minimum absolute atomic E-state index is 1.21. The van der Waals surface area contributed by atoms with Crippen LogP contribution in [0, 0.1) is 0 Å². The zero-order chi connectivity index (χ0) is 21.6. The van der Waals surface area contributed by atoms with Crippen molar-refractivity contribution >= 4 is 12.2 Å². The van der Waals surface area contributed by atoms with E-state index < -0.39 is 0 Å². The van der Waals surface area contributed by atoms with Crippen LogP contribution in [-0.2, 0) is 0 Å². The summed E-state index contributed by atoms with van der Waals surface area (Å²) in [7, 11) is 0. The molecule has 0 aliphatic rings. The zero-order valence-electron chi connectivity index (χ0n) is 17.9. The largest absolute Gasteiger partial charge is 0.0622 e. The quantitative estimate of drug-likeness (QED) is 0.255. The van der Waals surface area contributed by atoms with Gasteiger partial charge in [0.2, 0.25) is 0 Å². The molecule has 0 heteroatoms. The van der Waals surface area contributed by atoms with E-state index in [1.54, 1.807) is 0 Å². The summed E-state index contributed by atoms with van der Waals surface area (Å²) in [4.78, 5) is 0. The molecule has 0 N–H and O–H groups in total. The Morgan fingerprint density at radius 2 is 0.750 bits per heavy atom. The topological polar surface area (TPSA) is 0 Å². The van der Waals surface area contributed by atoms with E-state index in [1.807, 2.05) is 0 Å². The number of rotatable bonds is 5. The molecular weight excluding hydrogens is 384 g/mol. The second-order valence-corrected chi connectivity index (χ2v) is 7.79. The van der Waals surface area contributed by atoms with Crippen LogP contribution in [0.3, 0.4) is 0 Å². The minimum Gasteiger partial charge on any atom is -0.0622 e. The van der Waals surface area contributed by atoms with Gasteiger partial charge in [0.25, 0.3) is 0 Å². The molecule has 0 bridgehead atoms. The smallest absolute Gasteiger partial charge is 0.00328 e. The second-order valence-electron chi connectivity index (χ2n) is 7.79. The SMILES string of the molecule is C(=C\c1cccc(-c2ccccc2)c1-c1ccccc1)/c1ccccc1-c1ccccc1. The van der Waals surface area contributed by atoms with Crippen LogP contribution in [0.25, 0.3) is 45.5 Å². The summed E-state index contributed by atoms with van der Waals surface area (Å²) in [5.41, 5.74) is 9.85. The van der Waals surface area contributed by atoms with Gasteiger partial charge in [0.1, 0.15) is 0 Å². The third-order valence-electron chi connectivity index (χ3n) is 5.73. The molecule has 0 saturated heterocycles. The van der Waals surface area contributed by atoms with E-state index in [4.69, 9.17) is 0 Å². The van der Waals surface area contributed by atoms with E-state index >= 15 is 0 Å². The summed E-state index contributed by atoms with van der Waals surface area (Å²) in [6, 6.07) is 47.0. The average molecular weight is 409 g/mol. The third kappa shape index (κ3) is 4.17. The monoisotopic (exact) mass is 408 g/mol. The lowest BCUT2D eigenvalue weighted by molar-refractivity contribution is 1.56. The van der Waals surface area contributed by atoms with Crippen LogP contribution in [0.2, 0.25) is 0 Å². The molecule has 5 rings (SSSR count). The lowest BCUT2D eigenvalue weighted by atomic mass is 9.90. The fraction of sp³-hybridized carbons (Fsp3) is 0. The van der Waals surface area contributed by atoms with Crippen LogP contribution in [0.4, 0.5) is 0 Å². The summed E-state index contributed by atoms with van der Waals surface area (Å²) < 4.78 is 0. The summed E-state index contributed by atoms with van der Waals surface area (Å²) in [6.45, 7) is 0. The lowest BCUT2D eigenvalue weighted by Gasteiger charge is -2.14. The zero-order valence-corrected chi connectivity index (χ0v) is 17.9. The summed E-state index contributed by atoms with van der Waals surface area (Å²) >= 11 is 0. The van der Waals surface area contributed by atoms with Gasteiger partial charge in [0, 0.05) is 0 Å². The summed E-state index contributed by atoms with van der Waals surface area (Å²) in [5.74, 6) is 0. The Hall–Kier alpha value is -4.16. The van der Waals surface area contributed by atoms with Gasteiger partial charge in [0.15, 0.2) is 0 Å². The maximum absolute atomic E-state index is 2.25. The molecule has 0 spiro atoms. The van der Waals surface area contributed by atoms with Gasteiger partial charge in [-0.3, -0.25) is 0 Å². The molecule has 0 aliphatic heterocycles. The highest BCUT2D eigenvalue weighted by Crippen LogP contribution is 2.36. The van der Waals surface area contributed by atoms with Crippen LogP contribution in [0.1, 0.15) is 11.1 Å². The predicted molar refractivity (Wildman–Crippen MR) is 138 cm³/mol. The van der Waals surface area contributed by atoms with Crippen molar-refractivity contribution in [2.75, 3.05) is 0 Å². The molecule has 0 aromatic heterocycles. The normalized spacial score (nSPS) is 11.0. The van der Waals surface area contributed by atoms with Crippen molar-refractivity contribution < 1.29 is 0 Å². The predicted octanol–water partition coefficient (Wildman–Crippen LogP) is 8.86. The number of hydrogen-bond acceptors (Lipinski definition) is 0. The van der Waals surface area contributed by atoms with Crippen LogP contribution in [-0.4, -0.2) is 0 Å². The van der Waals surface area contributed by atoms with E-state index in [-0.39, 0.29) is 0 Å². The van der Waals surface area contributed by atoms with Crippen molar-refractivity contribution in [1.29, 1.82) is 0 Å². The number of benzene rings is 5. The maximum Gasteiger partial charge on any atom is -0.00328 e. The maximum atomic E-state index is 2.25. The van der Waals surface area contributed by atoms with Gasteiger partial charge < -0.3 is 0 Å². The Balaban J connectivity index is 1.64. The Bertz CT molecular complexity index is 1330. The van der Waals surface area contributed by atoms with Crippen molar-refractivity contribution in [3.05, 3.63) is 145 Å². The van der Waals surface area contributed by atoms with Gasteiger partial charge in [0.05, 0.1) is 0 Å². The van der Waals surface area contributed by atoms with Gasteiger partial charge in [-0.05, 0) is 44.5 Å². The third-order valence-corrected chi connectivity index (χ3v) is 5.73. The molecule has 152 valence electrons. The van der Waals surface area contributed by atoms with Gasteiger partial charge in [-0.2, -0.15) is 0 Å². The molecule has 0 aliphatic carbocycles. The lowest BCUT2D eigenvalue weighted by Crippen LogP contribution is -1.89. The van der Waals surface area contributed by atoms with Crippen LogP contribution in [0.15, 0.2) is 133 Å². The van der Waals surface area contributed by atoms with Crippen molar-refractivity contribution in [2.24, 2.45) is 0 Å².